The van der Waals surface area contributed by atoms with E-state index in [1.165, 1.54) is 11.1 Å². The third-order valence-electron chi connectivity index (χ3n) is 2.46. The summed E-state index contributed by atoms with van der Waals surface area (Å²) in [5.74, 6) is 0. The first kappa shape index (κ1) is 10.5. The second-order valence-electron chi connectivity index (χ2n) is 3.75. The molecule has 0 bridgehead atoms. The van der Waals surface area contributed by atoms with E-state index in [1.54, 1.807) is 0 Å². The molecule has 2 rings (SSSR count). The Morgan fingerprint density at radius 2 is 1.88 bits per heavy atom. The number of nitrogens with two attached hydrogens (primary N) is 1. The second-order valence-corrected chi connectivity index (χ2v) is 3.75. The third-order valence-corrected chi connectivity index (χ3v) is 2.46. The lowest BCUT2D eigenvalue weighted by Gasteiger charge is -1.96. The first-order valence-electron chi connectivity index (χ1n) is 5.40. The minimum Gasteiger partial charge on any atom is -0.399 e. The molecule has 1 aliphatic carbocycles. The van der Waals surface area contributed by atoms with Crippen LogP contribution in [-0.2, 0) is 0 Å². The summed E-state index contributed by atoms with van der Waals surface area (Å²) in [6, 6.07) is 10.3. The van der Waals surface area contributed by atoms with Gasteiger partial charge in [0, 0.05) is 5.70 Å². The summed E-state index contributed by atoms with van der Waals surface area (Å²) in [6.07, 6.45) is 13.2. The highest BCUT2D eigenvalue weighted by molar-refractivity contribution is 5.53. The molecule has 80 valence electrons. The van der Waals surface area contributed by atoms with Crippen LogP contribution in [0.3, 0.4) is 0 Å². The van der Waals surface area contributed by atoms with Crippen molar-refractivity contribution in [3.63, 3.8) is 0 Å². The normalized spacial score (nSPS) is 15.8. The van der Waals surface area contributed by atoms with E-state index in [-0.39, 0.29) is 0 Å². The molecule has 0 aliphatic heterocycles. The Hall–Kier alpha value is -2.02. The lowest BCUT2D eigenvalue weighted by atomic mass is 10.1. The molecule has 0 radical (unpaired) electrons. The standard InChI is InChI=1S/C15H15N/c16-15-8-4-7-14(11-12-15)10-9-13-5-2-1-3-6-13/h1-10,12H,11,16H2/b10-9+. The van der Waals surface area contributed by atoms with E-state index in [9.17, 15) is 0 Å². The van der Waals surface area contributed by atoms with Gasteiger partial charge in [0.2, 0.25) is 0 Å². The maximum atomic E-state index is 5.72. The maximum Gasteiger partial charge on any atom is 0.0276 e. The van der Waals surface area contributed by atoms with Gasteiger partial charge in [-0.1, -0.05) is 60.7 Å². The SMILES string of the molecule is NC1=CCC(/C=C/c2ccccc2)=CC=C1. The van der Waals surface area contributed by atoms with Crippen molar-refractivity contribution in [2.24, 2.45) is 5.73 Å². The number of hydrogen-bond donors (Lipinski definition) is 1. The van der Waals surface area contributed by atoms with Gasteiger partial charge in [0.1, 0.15) is 0 Å². The molecular weight excluding hydrogens is 194 g/mol. The quantitative estimate of drug-likeness (QED) is 0.793. The summed E-state index contributed by atoms with van der Waals surface area (Å²) < 4.78 is 0. The van der Waals surface area contributed by atoms with E-state index in [4.69, 9.17) is 5.73 Å². The summed E-state index contributed by atoms with van der Waals surface area (Å²) in [7, 11) is 0. The van der Waals surface area contributed by atoms with Crippen LogP contribution in [0.5, 0.6) is 0 Å². The average molecular weight is 209 g/mol. The highest BCUT2D eigenvalue weighted by Gasteiger charge is 1.93. The molecule has 1 aliphatic rings. The summed E-state index contributed by atoms with van der Waals surface area (Å²) >= 11 is 0. The van der Waals surface area contributed by atoms with Gasteiger partial charge in [-0.25, -0.2) is 0 Å². The third kappa shape index (κ3) is 2.99. The maximum absolute atomic E-state index is 5.72. The Morgan fingerprint density at radius 1 is 1.06 bits per heavy atom. The van der Waals surface area contributed by atoms with Crippen LogP contribution in [0.2, 0.25) is 0 Å². The van der Waals surface area contributed by atoms with Gasteiger partial charge < -0.3 is 5.73 Å². The predicted molar refractivity (Wildman–Crippen MR) is 69.6 cm³/mol. The van der Waals surface area contributed by atoms with Gasteiger partial charge in [-0.15, -0.1) is 0 Å². The Labute approximate surface area is 96.3 Å². The van der Waals surface area contributed by atoms with Gasteiger partial charge in [-0.05, 0) is 23.6 Å². The fourth-order valence-electron chi connectivity index (χ4n) is 1.55. The Kier molecular flexibility index (Phi) is 3.39. The van der Waals surface area contributed by atoms with Crippen molar-refractivity contribution < 1.29 is 0 Å². The molecule has 0 amide bonds. The monoisotopic (exact) mass is 209 g/mol. The molecule has 1 nitrogen and oxygen atoms in total. The van der Waals surface area contributed by atoms with Gasteiger partial charge in [-0.3, -0.25) is 0 Å². The minimum atomic E-state index is 0.833. The number of benzene rings is 1. The Balaban J connectivity index is 2.09. The molecule has 0 fully saturated rings. The highest BCUT2D eigenvalue weighted by atomic mass is 14.5. The van der Waals surface area contributed by atoms with Crippen LogP contribution in [-0.4, -0.2) is 0 Å². The van der Waals surface area contributed by atoms with Gasteiger partial charge >= 0.3 is 0 Å². The highest BCUT2D eigenvalue weighted by Crippen LogP contribution is 2.12. The van der Waals surface area contributed by atoms with E-state index in [0.29, 0.717) is 0 Å². The molecule has 1 aromatic carbocycles. The average Bonchev–Trinajstić information content (AvgIpc) is 2.53. The van der Waals surface area contributed by atoms with E-state index >= 15 is 0 Å². The molecule has 0 heterocycles. The summed E-state index contributed by atoms with van der Waals surface area (Å²) in [4.78, 5) is 0. The number of hydrogen-bond acceptors (Lipinski definition) is 1. The first-order valence-corrected chi connectivity index (χ1v) is 5.40. The molecule has 0 saturated heterocycles. The van der Waals surface area contributed by atoms with E-state index in [2.05, 4.69) is 30.4 Å². The van der Waals surface area contributed by atoms with Crippen molar-refractivity contribution in [2.45, 2.75) is 6.42 Å². The van der Waals surface area contributed by atoms with Crippen LogP contribution in [0.15, 0.2) is 72.0 Å². The molecule has 0 unspecified atom stereocenters. The van der Waals surface area contributed by atoms with Crippen LogP contribution in [0.4, 0.5) is 0 Å². The summed E-state index contributed by atoms with van der Waals surface area (Å²) in [6.45, 7) is 0. The number of allylic oxidation sites excluding steroid dienone is 6. The smallest absolute Gasteiger partial charge is 0.0276 e. The summed E-state index contributed by atoms with van der Waals surface area (Å²) in [5, 5.41) is 0. The zero-order valence-electron chi connectivity index (χ0n) is 9.14. The lowest BCUT2D eigenvalue weighted by molar-refractivity contribution is 1.25. The minimum absolute atomic E-state index is 0.833. The van der Waals surface area contributed by atoms with Crippen LogP contribution < -0.4 is 5.73 Å². The fraction of sp³-hybridized carbons (Fsp3) is 0.0667. The zero-order chi connectivity index (χ0) is 11.2. The molecular formula is C15H15N. The van der Waals surface area contributed by atoms with Crippen LogP contribution in [0, 0.1) is 0 Å². The lowest BCUT2D eigenvalue weighted by Crippen LogP contribution is -1.90. The van der Waals surface area contributed by atoms with E-state index in [1.807, 2.05) is 36.4 Å². The van der Waals surface area contributed by atoms with E-state index in [0.717, 1.165) is 12.1 Å². The molecule has 0 spiro atoms. The van der Waals surface area contributed by atoms with Crippen molar-refractivity contribution in [3.8, 4) is 0 Å². The molecule has 0 saturated carbocycles. The molecule has 0 aromatic heterocycles. The van der Waals surface area contributed by atoms with Gasteiger partial charge in [0.15, 0.2) is 0 Å². The Morgan fingerprint density at radius 3 is 2.69 bits per heavy atom. The molecule has 1 heteroatoms. The van der Waals surface area contributed by atoms with Gasteiger partial charge in [0.05, 0.1) is 0 Å². The predicted octanol–water partition coefficient (Wildman–Crippen LogP) is 3.43. The van der Waals surface area contributed by atoms with Crippen molar-refractivity contribution in [3.05, 3.63) is 77.5 Å². The summed E-state index contributed by atoms with van der Waals surface area (Å²) in [5.41, 5.74) is 9.03. The van der Waals surface area contributed by atoms with Crippen molar-refractivity contribution >= 4 is 6.08 Å². The van der Waals surface area contributed by atoms with Crippen LogP contribution >= 0.6 is 0 Å². The zero-order valence-corrected chi connectivity index (χ0v) is 9.14. The fourth-order valence-corrected chi connectivity index (χ4v) is 1.55. The van der Waals surface area contributed by atoms with Crippen LogP contribution in [0.25, 0.3) is 6.08 Å². The van der Waals surface area contributed by atoms with Crippen molar-refractivity contribution in [1.82, 2.24) is 0 Å². The van der Waals surface area contributed by atoms with E-state index < -0.39 is 0 Å². The van der Waals surface area contributed by atoms with Crippen molar-refractivity contribution in [2.75, 3.05) is 0 Å². The topological polar surface area (TPSA) is 26.0 Å². The second kappa shape index (κ2) is 5.17. The molecule has 16 heavy (non-hydrogen) atoms. The van der Waals surface area contributed by atoms with Crippen molar-refractivity contribution in [1.29, 1.82) is 0 Å². The molecule has 1 aromatic rings. The molecule has 0 atom stereocenters. The van der Waals surface area contributed by atoms with Crippen LogP contribution in [0.1, 0.15) is 12.0 Å². The van der Waals surface area contributed by atoms with Gasteiger partial charge in [-0.2, -0.15) is 0 Å². The first-order chi connectivity index (χ1) is 7.84. The number of rotatable bonds is 2. The van der Waals surface area contributed by atoms with Gasteiger partial charge in [0.25, 0.3) is 0 Å². The largest absolute Gasteiger partial charge is 0.399 e. The Bertz CT molecular complexity index is 459. The molecule has 2 N–H and O–H groups in total.